The first-order chi connectivity index (χ1) is 11.9. The lowest BCUT2D eigenvalue weighted by Gasteiger charge is -2.11. The Hall–Kier alpha value is -3.28. The van der Waals surface area contributed by atoms with Gasteiger partial charge in [0.05, 0.1) is 5.56 Å². The molecule has 0 saturated carbocycles. The van der Waals surface area contributed by atoms with Crippen LogP contribution in [-0.2, 0) is 0 Å². The molecular weight excluding hydrogens is 318 g/mol. The van der Waals surface area contributed by atoms with Crippen LogP contribution in [0.4, 0.5) is 16.2 Å². The van der Waals surface area contributed by atoms with Crippen molar-refractivity contribution < 1.29 is 14.7 Å². The van der Waals surface area contributed by atoms with Gasteiger partial charge in [-0.25, -0.2) is 4.79 Å². The second kappa shape index (κ2) is 8.01. The molecule has 0 heterocycles. The van der Waals surface area contributed by atoms with Crippen molar-refractivity contribution >= 4 is 23.3 Å². The highest BCUT2D eigenvalue weighted by molar-refractivity contribution is 6.06. The Balaban J connectivity index is 2.04. The molecule has 0 atom stereocenters. The fourth-order valence-electron chi connectivity index (χ4n) is 2.16. The van der Waals surface area contributed by atoms with Crippen molar-refractivity contribution in [2.75, 3.05) is 17.2 Å². The number of benzene rings is 2. The average Bonchev–Trinajstić information content (AvgIpc) is 2.59. The summed E-state index contributed by atoms with van der Waals surface area (Å²) in [4.78, 5) is 23.9. The van der Waals surface area contributed by atoms with E-state index < -0.39 is 5.91 Å². The average molecular weight is 339 g/mol. The van der Waals surface area contributed by atoms with E-state index in [-0.39, 0.29) is 17.3 Å². The fourth-order valence-corrected chi connectivity index (χ4v) is 2.16. The topological polar surface area (TPSA) is 90.5 Å². The SMILES string of the molecule is C=CCNC(=O)Nc1ccc(NC(=O)c2ccc(C)c(C)c2O)cc1. The molecule has 0 spiro atoms. The molecule has 6 nitrogen and oxygen atoms in total. The summed E-state index contributed by atoms with van der Waals surface area (Å²) in [6, 6.07) is 9.72. The van der Waals surface area contributed by atoms with Gasteiger partial charge in [-0.2, -0.15) is 0 Å². The number of carbonyl (C=O) groups is 2. The minimum absolute atomic E-state index is 0.0188. The van der Waals surface area contributed by atoms with Gasteiger partial charge in [-0.05, 0) is 55.3 Å². The molecule has 4 N–H and O–H groups in total. The van der Waals surface area contributed by atoms with E-state index in [0.29, 0.717) is 23.5 Å². The lowest BCUT2D eigenvalue weighted by Crippen LogP contribution is -2.28. The summed E-state index contributed by atoms with van der Waals surface area (Å²) < 4.78 is 0. The van der Waals surface area contributed by atoms with Crippen LogP contribution in [0.1, 0.15) is 21.5 Å². The van der Waals surface area contributed by atoms with E-state index in [9.17, 15) is 14.7 Å². The predicted molar refractivity (Wildman–Crippen MR) is 99.2 cm³/mol. The Morgan fingerprint density at radius 3 is 2.24 bits per heavy atom. The Morgan fingerprint density at radius 1 is 1.04 bits per heavy atom. The van der Waals surface area contributed by atoms with E-state index in [1.807, 2.05) is 6.92 Å². The number of nitrogens with one attached hydrogen (secondary N) is 3. The third-order valence-corrected chi connectivity index (χ3v) is 3.75. The molecule has 0 aliphatic carbocycles. The van der Waals surface area contributed by atoms with Gasteiger partial charge in [-0.15, -0.1) is 6.58 Å². The number of phenolic OH excluding ortho intramolecular Hbond substituents is 1. The highest BCUT2D eigenvalue weighted by Crippen LogP contribution is 2.25. The van der Waals surface area contributed by atoms with Crippen molar-refractivity contribution in [1.82, 2.24) is 5.32 Å². The maximum atomic E-state index is 12.3. The lowest BCUT2D eigenvalue weighted by atomic mass is 10.0. The maximum absolute atomic E-state index is 12.3. The molecule has 2 aromatic carbocycles. The van der Waals surface area contributed by atoms with Crippen LogP contribution >= 0.6 is 0 Å². The summed E-state index contributed by atoms with van der Waals surface area (Å²) >= 11 is 0. The minimum atomic E-state index is -0.398. The molecule has 0 radical (unpaired) electrons. The van der Waals surface area contributed by atoms with Gasteiger partial charge in [0.1, 0.15) is 5.75 Å². The first kappa shape index (κ1) is 18.1. The molecule has 6 heteroatoms. The first-order valence-electron chi connectivity index (χ1n) is 7.78. The smallest absolute Gasteiger partial charge is 0.319 e. The summed E-state index contributed by atoms with van der Waals surface area (Å²) in [5.74, 6) is -0.417. The van der Waals surface area contributed by atoms with Crippen molar-refractivity contribution in [2.24, 2.45) is 0 Å². The van der Waals surface area contributed by atoms with Gasteiger partial charge < -0.3 is 21.1 Å². The van der Waals surface area contributed by atoms with Crippen molar-refractivity contribution in [3.05, 3.63) is 65.7 Å². The van der Waals surface area contributed by atoms with Gasteiger partial charge in [0.25, 0.3) is 5.91 Å². The van der Waals surface area contributed by atoms with Crippen LogP contribution in [-0.4, -0.2) is 23.6 Å². The van der Waals surface area contributed by atoms with E-state index in [1.54, 1.807) is 49.4 Å². The van der Waals surface area contributed by atoms with Crippen LogP contribution in [0.3, 0.4) is 0 Å². The van der Waals surface area contributed by atoms with Crippen LogP contribution < -0.4 is 16.0 Å². The van der Waals surface area contributed by atoms with Gasteiger partial charge in [-0.1, -0.05) is 12.1 Å². The summed E-state index contributed by atoms with van der Waals surface area (Å²) in [5, 5.41) is 18.1. The van der Waals surface area contributed by atoms with Crippen molar-refractivity contribution in [1.29, 1.82) is 0 Å². The molecule has 2 aromatic rings. The van der Waals surface area contributed by atoms with Gasteiger partial charge in [0.15, 0.2) is 0 Å². The Bertz CT molecular complexity index is 798. The molecule has 0 aromatic heterocycles. The number of aryl methyl sites for hydroxylation is 1. The number of urea groups is 1. The fraction of sp³-hybridized carbons (Fsp3) is 0.158. The Morgan fingerprint density at radius 2 is 1.64 bits per heavy atom. The predicted octanol–water partition coefficient (Wildman–Crippen LogP) is 3.57. The summed E-state index contributed by atoms with van der Waals surface area (Å²) in [7, 11) is 0. The second-order valence-electron chi connectivity index (χ2n) is 5.56. The molecule has 0 aliphatic rings. The monoisotopic (exact) mass is 339 g/mol. The zero-order valence-electron chi connectivity index (χ0n) is 14.2. The van der Waals surface area contributed by atoms with Gasteiger partial charge in [0.2, 0.25) is 0 Å². The van der Waals surface area contributed by atoms with Crippen molar-refractivity contribution in [3.63, 3.8) is 0 Å². The first-order valence-corrected chi connectivity index (χ1v) is 7.78. The van der Waals surface area contributed by atoms with Gasteiger partial charge >= 0.3 is 6.03 Å². The third kappa shape index (κ3) is 4.60. The lowest BCUT2D eigenvalue weighted by molar-refractivity contribution is 0.102. The van der Waals surface area contributed by atoms with Crippen molar-refractivity contribution in [2.45, 2.75) is 13.8 Å². The van der Waals surface area contributed by atoms with Crippen LogP contribution in [0.2, 0.25) is 0 Å². The normalized spacial score (nSPS) is 10.0. The number of aromatic hydroxyl groups is 1. The standard InChI is InChI=1S/C19H21N3O3/c1-4-11-20-19(25)22-15-8-6-14(7-9-15)21-18(24)16-10-5-12(2)13(3)17(16)23/h4-10,23H,1,11H2,2-3H3,(H,21,24)(H2,20,22,25). The number of phenols is 1. The van der Waals surface area contributed by atoms with E-state index in [4.69, 9.17) is 0 Å². The molecule has 3 amide bonds. The van der Waals surface area contributed by atoms with Crippen LogP contribution in [0.25, 0.3) is 0 Å². The molecule has 0 fully saturated rings. The summed E-state index contributed by atoms with van der Waals surface area (Å²) in [6.07, 6.45) is 1.58. The number of carbonyl (C=O) groups excluding carboxylic acids is 2. The molecule has 0 bridgehead atoms. The molecule has 25 heavy (non-hydrogen) atoms. The maximum Gasteiger partial charge on any atom is 0.319 e. The zero-order valence-corrected chi connectivity index (χ0v) is 14.2. The molecule has 0 aliphatic heterocycles. The van der Waals surface area contributed by atoms with Gasteiger partial charge in [-0.3, -0.25) is 4.79 Å². The number of hydrogen-bond donors (Lipinski definition) is 4. The Labute approximate surface area is 146 Å². The highest BCUT2D eigenvalue weighted by atomic mass is 16.3. The third-order valence-electron chi connectivity index (χ3n) is 3.75. The number of hydrogen-bond acceptors (Lipinski definition) is 3. The van der Waals surface area contributed by atoms with Gasteiger partial charge in [0, 0.05) is 17.9 Å². The minimum Gasteiger partial charge on any atom is -0.507 e. The number of rotatable bonds is 5. The molecule has 2 rings (SSSR count). The van der Waals surface area contributed by atoms with Crippen LogP contribution in [0.15, 0.2) is 49.1 Å². The summed E-state index contributed by atoms with van der Waals surface area (Å²) in [6.45, 7) is 7.53. The van der Waals surface area contributed by atoms with Crippen LogP contribution in [0.5, 0.6) is 5.75 Å². The largest absolute Gasteiger partial charge is 0.507 e. The second-order valence-corrected chi connectivity index (χ2v) is 5.56. The van der Waals surface area contributed by atoms with E-state index in [0.717, 1.165) is 5.56 Å². The zero-order chi connectivity index (χ0) is 18.4. The Kier molecular flexibility index (Phi) is 5.79. The summed E-state index contributed by atoms with van der Waals surface area (Å²) in [5.41, 5.74) is 2.96. The van der Waals surface area contributed by atoms with E-state index in [2.05, 4.69) is 22.5 Å². The molecule has 0 saturated heterocycles. The van der Waals surface area contributed by atoms with Crippen molar-refractivity contribution in [3.8, 4) is 5.75 Å². The highest BCUT2D eigenvalue weighted by Gasteiger charge is 2.14. The quantitative estimate of drug-likeness (QED) is 0.628. The number of anilines is 2. The van der Waals surface area contributed by atoms with Crippen LogP contribution in [0, 0.1) is 13.8 Å². The molecular formula is C19H21N3O3. The van der Waals surface area contributed by atoms with E-state index in [1.165, 1.54) is 0 Å². The number of amides is 3. The molecule has 130 valence electrons. The van der Waals surface area contributed by atoms with E-state index >= 15 is 0 Å². The molecule has 0 unspecified atom stereocenters.